The Hall–Kier alpha value is -1.56. The first kappa shape index (κ1) is 20.2. The van der Waals surface area contributed by atoms with Crippen LogP contribution in [0.2, 0.25) is 10.0 Å². The minimum Gasteiger partial charge on any atom is -0.462 e. The molecule has 146 valence electrons. The zero-order chi connectivity index (χ0) is 19.7. The molecule has 7 heteroatoms. The molecule has 0 radical (unpaired) electrons. The summed E-state index contributed by atoms with van der Waals surface area (Å²) < 4.78 is 20.7. The maximum atomic E-state index is 13.3. The summed E-state index contributed by atoms with van der Waals surface area (Å²) in [6.07, 6.45) is -0.0537. The topological polar surface area (TPSA) is 51.5 Å². The molecule has 0 bridgehead atoms. The van der Waals surface area contributed by atoms with Crippen LogP contribution in [0.4, 0.5) is 4.39 Å². The van der Waals surface area contributed by atoms with Crippen LogP contribution in [-0.2, 0) is 16.1 Å². The number of carbonyl (C=O) groups is 1. The highest BCUT2D eigenvalue weighted by Gasteiger charge is 2.29. The zero-order valence-corrected chi connectivity index (χ0v) is 16.7. The van der Waals surface area contributed by atoms with E-state index in [0.717, 1.165) is 11.3 Å². The molecule has 0 aliphatic carbocycles. The van der Waals surface area contributed by atoms with Crippen molar-refractivity contribution in [2.45, 2.75) is 57.8 Å². The molecule has 4 nitrogen and oxygen atoms in total. The zero-order valence-electron chi connectivity index (χ0n) is 15.2. The van der Waals surface area contributed by atoms with Gasteiger partial charge < -0.3 is 14.4 Å². The fraction of sp³-hybridized carbons (Fsp3) is 0.450. The van der Waals surface area contributed by atoms with Gasteiger partial charge in [0.15, 0.2) is 0 Å². The van der Waals surface area contributed by atoms with Crippen molar-refractivity contribution in [2.24, 2.45) is 0 Å². The van der Waals surface area contributed by atoms with Gasteiger partial charge in [0.1, 0.15) is 11.9 Å². The number of rotatable bonds is 5. The Morgan fingerprint density at radius 3 is 2.52 bits per heavy atom. The van der Waals surface area contributed by atoms with Crippen molar-refractivity contribution in [3.63, 3.8) is 0 Å². The van der Waals surface area contributed by atoms with Gasteiger partial charge in [0.2, 0.25) is 0 Å². The molecule has 3 rings (SSSR count). The number of aromatic nitrogens is 1. The maximum Gasteiger partial charge on any atom is 0.308 e. The lowest BCUT2D eigenvalue weighted by atomic mass is 10.0. The third-order valence-electron chi connectivity index (χ3n) is 4.76. The molecule has 1 aromatic carbocycles. The van der Waals surface area contributed by atoms with Gasteiger partial charge >= 0.3 is 5.97 Å². The minimum absolute atomic E-state index is 0.0375. The molecule has 1 aliphatic rings. The van der Waals surface area contributed by atoms with E-state index in [9.17, 15) is 14.3 Å². The predicted octanol–water partition coefficient (Wildman–Crippen LogP) is 5.18. The number of benzene rings is 1. The molecular weight excluding hydrogens is 392 g/mol. The molecule has 0 spiro atoms. The van der Waals surface area contributed by atoms with Crippen molar-refractivity contribution in [1.29, 1.82) is 0 Å². The van der Waals surface area contributed by atoms with Gasteiger partial charge in [-0.1, -0.05) is 37.0 Å². The maximum absolute atomic E-state index is 13.3. The summed E-state index contributed by atoms with van der Waals surface area (Å²) in [6, 6.07) is 6.09. The number of ether oxygens (including phenoxy) is 1. The number of hydrogen-bond acceptors (Lipinski definition) is 3. The molecule has 27 heavy (non-hydrogen) atoms. The number of halogens is 3. The number of aliphatic hydroxyl groups excluding tert-OH is 1. The Morgan fingerprint density at radius 1 is 1.26 bits per heavy atom. The summed E-state index contributed by atoms with van der Waals surface area (Å²) in [7, 11) is 0. The normalized spacial score (nSPS) is 20.2. The highest BCUT2D eigenvalue weighted by Crippen LogP contribution is 2.42. The van der Waals surface area contributed by atoms with Crippen LogP contribution in [0.25, 0.3) is 11.3 Å². The number of cyclic esters (lactones) is 1. The van der Waals surface area contributed by atoms with Crippen LogP contribution in [0, 0.1) is 5.82 Å². The largest absolute Gasteiger partial charge is 0.462 e. The van der Waals surface area contributed by atoms with Gasteiger partial charge in [0.25, 0.3) is 0 Å². The van der Waals surface area contributed by atoms with E-state index in [-0.39, 0.29) is 30.2 Å². The number of esters is 1. The average Bonchev–Trinajstić information content (AvgIpc) is 2.84. The lowest BCUT2D eigenvalue weighted by Crippen LogP contribution is -2.33. The molecule has 2 atom stereocenters. The van der Waals surface area contributed by atoms with Crippen LogP contribution in [0.1, 0.15) is 44.7 Å². The van der Waals surface area contributed by atoms with Crippen molar-refractivity contribution < 1.29 is 19.0 Å². The third-order valence-corrected chi connectivity index (χ3v) is 5.61. The number of aliphatic hydroxyl groups is 1. The standard InChI is InChI=1S/C20H22Cl2FNO3/c1-11(2)19-17(21)18(22)20(12-3-5-13(23)6-4-12)24(19)8-7-15-9-14(25)10-16(26)27-15/h3-6,11,14-15,25H,7-10H2,1-2H3. The van der Waals surface area contributed by atoms with Crippen LogP contribution >= 0.6 is 23.2 Å². The van der Waals surface area contributed by atoms with Gasteiger partial charge in [-0.2, -0.15) is 0 Å². The Balaban J connectivity index is 1.95. The Morgan fingerprint density at radius 2 is 1.93 bits per heavy atom. The lowest BCUT2D eigenvalue weighted by molar-refractivity contribution is -0.160. The van der Waals surface area contributed by atoms with Gasteiger partial charge in [-0.25, -0.2) is 4.39 Å². The van der Waals surface area contributed by atoms with Crippen molar-refractivity contribution in [2.75, 3.05) is 0 Å². The van der Waals surface area contributed by atoms with Gasteiger partial charge in [-0.3, -0.25) is 4.79 Å². The second kappa shape index (κ2) is 8.21. The van der Waals surface area contributed by atoms with Crippen molar-refractivity contribution in [3.8, 4) is 11.3 Å². The molecule has 2 aromatic rings. The molecule has 2 unspecified atom stereocenters. The summed E-state index contributed by atoms with van der Waals surface area (Å²) in [5, 5.41) is 10.7. The van der Waals surface area contributed by atoms with E-state index in [1.54, 1.807) is 12.1 Å². The second-order valence-electron chi connectivity index (χ2n) is 7.17. The molecule has 2 heterocycles. The summed E-state index contributed by atoms with van der Waals surface area (Å²) in [5.74, 6) is -0.597. The molecule has 0 saturated carbocycles. The van der Waals surface area contributed by atoms with Gasteiger partial charge in [-0.05, 0) is 35.7 Å². The summed E-state index contributed by atoms with van der Waals surface area (Å²) >= 11 is 13.0. The summed E-state index contributed by atoms with van der Waals surface area (Å²) in [5.41, 5.74) is 2.35. The van der Waals surface area contributed by atoms with E-state index in [4.69, 9.17) is 27.9 Å². The summed E-state index contributed by atoms with van der Waals surface area (Å²) in [6.45, 7) is 4.55. The monoisotopic (exact) mass is 413 g/mol. The van der Waals surface area contributed by atoms with Gasteiger partial charge in [0, 0.05) is 25.1 Å². The van der Waals surface area contributed by atoms with Gasteiger partial charge in [-0.15, -0.1) is 0 Å². The predicted molar refractivity (Wildman–Crippen MR) is 104 cm³/mol. The van der Waals surface area contributed by atoms with Crippen molar-refractivity contribution in [3.05, 3.63) is 45.8 Å². The van der Waals surface area contributed by atoms with Gasteiger partial charge in [0.05, 0.1) is 28.3 Å². The van der Waals surface area contributed by atoms with Crippen LogP contribution in [-0.4, -0.2) is 27.9 Å². The van der Waals surface area contributed by atoms with Crippen molar-refractivity contribution in [1.82, 2.24) is 4.57 Å². The average molecular weight is 414 g/mol. The molecule has 1 aliphatic heterocycles. The fourth-order valence-electron chi connectivity index (χ4n) is 3.57. The quantitative estimate of drug-likeness (QED) is 0.686. The lowest BCUT2D eigenvalue weighted by Gasteiger charge is -2.27. The van der Waals surface area contributed by atoms with E-state index in [2.05, 4.69) is 0 Å². The SMILES string of the molecule is CC(C)c1c(Cl)c(Cl)c(-c2ccc(F)cc2)n1CCC1CC(O)CC(=O)O1. The van der Waals surface area contributed by atoms with Crippen LogP contribution < -0.4 is 0 Å². The Labute approximate surface area is 167 Å². The van der Waals surface area contributed by atoms with E-state index < -0.39 is 6.10 Å². The number of nitrogens with zero attached hydrogens (tertiary/aromatic N) is 1. The third kappa shape index (κ3) is 4.31. The summed E-state index contributed by atoms with van der Waals surface area (Å²) in [4.78, 5) is 11.6. The first-order chi connectivity index (χ1) is 12.8. The Bertz CT molecular complexity index is 833. The molecule has 1 fully saturated rings. The second-order valence-corrected chi connectivity index (χ2v) is 7.93. The smallest absolute Gasteiger partial charge is 0.308 e. The highest BCUT2D eigenvalue weighted by atomic mass is 35.5. The van der Waals surface area contributed by atoms with Crippen LogP contribution in [0.15, 0.2) is 24.3 Å². The van der Waals surface area contributed by atoms with Crippen LogP contribution in [0.5, 0.6) is 0 Å². The molecule has 0 amide bonds. The van der Waals surface area contributed by atoms with Crippen molar-refractivity contribution >= 4 is 29.2 Å². The van der Waals surface area contributed by atoms with E-state index >= 15 is 0 Å². The fourth-order valence-corrected chi connectivity index (χ4v) is 4.29. The number of hydrogen-bond donors (Lipinski definition) is 1. The highest BCUT2D eigenvalue weighted by molar-refractivity contribution is 6.44. The van der Waals surface area contributed by atoms with Crippen LogP contribution in [0.3, 0.4) is 0 Å². The minimum atomic E-state index is -0.672. The van der Waals surface area contributed by atoms with E-state index in [1.807, 2.05) is 18.4 Å². The molecular formula is C20H22Cl2FNO3. The molecule has 1 N–H and O–H groups in total. The Kier molecular flexibility index (Phi) is 6.14. The molecule has 1 aromatic heterocycles. The van der Waals surface area contributed by atoms with E-state index in [1.165, 1.54) is 12.1 Å². The first-order valence-electron chi connectivity index (χ1n) is 8.98. The number of carbonyl (C=O) groups excluding carboxylic acids is 1. The first-order valence-corrected chi connectivity index (χ1v) is 9.74. The van der Waals surface area contributed by atoms with E-state index in [0.29, 0.717) is 35.1 Å². The molecule has 1 saturated heterocycles.